The summed E-state index contributed by atoms with van der Waals surface area (Å²) in [5.74, 6) is 2.71. The lowest BCUT2D eigenvalue weighted by atomic mass is 9.76. The lowest BCUT2D eigenvalue weighted by molar-refractivity contribution is 0.295. The van der Waals surface area contributed by atoms with E-state index in [1.54, 1.807) is 4.31 Å². The summed E-state index contributed by atoms with van der Waals surface area (Å²) in [7, 11) is -3.07. The van der Waals surface area contributed by atoms with E-state index in [0.29, 0.717) is 31.6 Å². The van der Waals surface area contributed by atoms with Crippen LogP contribution in [0.5, 0.6) is 0 Å². The van der Waals surface area contributed by atoms with Gasteiger partial charge in [0.1, 0.15) is 0 Å². The lowest BCUT2D eigenvalue weighted by Crippen LogP contribution is -2.45. The maximum atomic E-state index is 12.2. The molecule has 1 heterocycles. The summed E-state index contributed by atoms with van der Waals surface area (Å²) in [5.41, 5.74) is 1.40. The Hall–Kier alpha value is -0.560. The molecule has 2 aliphatic rings. The zero-order chi connectivity index (χ0) is 15.4. The number of nitrogens with one attached hydrogen (secondary N) is 1. The van der Waals surface area contributed by atoms with E-state index in [-0.39, 0.29) is 5.75 Å². The van der Waals surface area contributed by atoms with Gasteiger partial charge in [0.2, 0.25) is 10.0 Å². The number of hydrogen-bond donors (Lipinski definition) is 1. The van der Waals surface area contributed by atoms with E-state index >= 15 is 0 Å². The number of thioether (sulfide) groups is 1. The van der Waals surface area contributed by atoms with Crippen LogP contribution in [0.15, 0.2) is 30.3 Å². The highest BCUT2D eigenvalue weighted by molar-refractivity contribution is 7.99. The second kappa shape index (κ2) is 7.34. The Morgan fingerprint density at radius 2 is 1.82 bits per heavy atom. The molecule has 0 bridgehead atoms. The summed E-state index contributed by atoms with van der Waals surface area (Å²) in [6, 6.07) is 11.0. The van der Waals surface area contributed by atoms with Gasteiger partial charge in [0.15, 0.2) is 0 Å². The molecule has 1 saturated heterocycles. The van der Waals surface area contributed by atoms with Crippen molar-refractivity contribution in [2.24, 2.45) is 0 Å². The van der Waals surface area contributed by atoms with Gasteiger partial charge >= 0.3 is 0 Å². The van der Waals surface area contributed by atoms with Gasteiger partial charge in [0.25, 0.3) is 0 Å². The molecule has 22 heavy (non-hydrogen) atoms. The molecule has 1 aromatic carbocycles. The molecule has 1 aliphatic carbocycles. The fraction of sp³-hybridized carbons (Fsp3) is 0.625. The van der Waals surface area contributed by atoms with Gasteiger partial charge in [-0.15, -0.1) is 0 Å². The molecule has 3 rings (SSSR count). The molecule has 0 spiro atoms. The van der Waals surface area contributed by atoms with Crippen LogP contribution < -0.4 is 5.32 Å². The van der Waals surface area contributed by atoms with Gasteiger partial charge in [-0.05, 0) is 24.3 Å². The molecule has 0 aromatic heterocycles. The summed E-state index contributed by atoms with van der Waals surface area (Å²) in [6.07, 6.45) is 2.23. The number of sulfonamides is 1. The van der Waals surface area contributed by atoms with Gasteiger partial charge in [-0.1, -0.05) is 30.3 Å². The molecule has 4 nitrogen and oxygen atoms in total. The quantitative estimate of drug-likeness (QED) is 0.859. The highest BCUT2D eigenvalue weighted by Crippen LogP contribution is 2.36. The normalized spacial score (nSPS) is 26.5. The van der Waals surface area contributed by atoms with Crippen molar-refractivity contribution >= 4 is 21.8 Å². The SMILES string of the molecule is O=S(=O)(CCNC1CC(c2ccccc2)C1)N1CCSCC1. The van der Waals surface area contributed by atoms with Crippen LogP contribution in [0.2, 0.25) is 0 Å². The predicted octanol–water partition coefficient (Wildman–Crippen LogP) is 1.90. The minimum Gasteiger partial charge on any atom is -0.313 e. The first kappa shape index (κ1) is 16.3. The first-order valence-electron chi connectivity index (χ1n) is 7.99. The van der Waals surface area contributed by atoms with Crippen LogP contribution in [0.25, 0.3) is 0 Å². The molecule has 1 aliphatic heterocycles. The summed E-state index contributed by atoms with van der Waals surface area (Å²) < 4.78 is 26.1. The van der Waals surface area contributed by atoms with E-state index in [2.05, 4.69) is 29.6 Å². The van der Waals surface area contributed by atoms with E-state index in [4.69, 9.17) is 0 Å². The smallest absolute Gasteiger partial charge is 0.215 e. The van der Waals surface area contributed by atoms with Gasteiger partial charge < -0.3 is 5.32 Å². The van der Waals surface area contributed by atoms with Crippen molar-refractivity contribution in [2.75, 3.05) is 36.9 Å². The third-order valence-electron chi connectivity index (χ3n) is 4.57. The Morgan fingerprint density at radius 3 is 2.50 bits per heavy atom. The molecule has 122 valence electrons. The second-order valence-corrected chi connectivity index (χ2v) is 9.37. The van der Waals surface area contributed by atoms with Crippen molar-refractivity contribution in [1.29, 1.82) is 0 Å². The first-order valence-corrected chi connectivity index (χ1v) is 10.8. The molecule has 0 atom stereocenters. The number of rotatable bonds is 6. The number of hydrogen-bond acceptors (Lipinski definition) is 4. The Bertz CT molecular complexity index is 565. The van der Waals surface area contributed by atoms with E-state index < -0.39 is 10.0 Å². The van der Waals surface area contributed by atoms with E-state index in [1.807, 2.05) is 17.8 Å². The minimum absolute atomic E-state index is 0.226. The average Bonchev–Trinajstić information content (AvgIpc) is 2.51. The zero-order valence-electron chi connectivity index (χ0n) is 12.8. The van der Waals surface area contributed by atoms with Crippen LogP contribution in [0.3, 0.4) is 0 Å². The largest absolute Gasteiger partial charge is 0.313 e. The molecule has 1 aromatic rings. The summed E-state index contributed by atoms with van der Waals surface area (Å²) in [6.45, 7) is 1.91. The first-order chi connectivity index (χ1) is 10.6. The molecule has 0 unspecified atom stereocenters. The minimum atomic E-state index is -3.07. The standard InChI is InChI=1S/C16H24N2O2S2/c19-22(20,18-7-9-21-10-8-18)11-6-17-16-12-15(13-16)14-4-2-1-3-5-14/h1-5,15-17H,6-13H2. The van der Waals surface area contributed by atoms with Crippen LogP contribution in [0.4, 0.5) is 0 Å². The molecule has 0 radical (unpaired) electrons. The van der Waals surface area contributed by atoms with Crippen molar-refractivity contribution in [1.82, 2.24) is 9.62 Å². The van der Waals surface area contributed by atoms with Gasteiger partial charge in [-0.3, -0.25) is 0 Å². The number of nitrogens with zero attached hydrogens (tertiary/aromatic N) is 1. The molecule has 0 amide bonds. The van der Waals surface area contributed by atoms with Gasteiger partial charge in [0, 0.05) is 37.2 Å². The highest BCUT2D eigenvalue weighted by Gasteiger charge is 2.30. The Morgan fingerprint density at radius 1 is 1.14 bits per heavy atom. The second-order valence-electron chi connectivity index (χ2n) is 6.06. The topological polar surface area (TPSA) is 49.4 Å². The Kier molecular flexibility index (Phi) is 5.44. The van der Waals surface area contributed by atoms with Crippen LogP contribution >= 0.6 is 11.8 Å². The monoisotopic (exact) mass is 340 g/mol. The van der Waals surface area contributed by atoms with Crippen LogP contribution in [0, 0.1) is 0 Å². The van der Waals surface area contributed by atoms with Crippen molar-refractivity contribution in [3.63, 3.8) is 0 Å². The molecule has 1 saturated carbocycles. The highest BCUT2D eigenvalue weighted by atomic mass is 32.2. The van der Waals surface area contributed by atoms with E-state index in [9.17, 15) is 8.42 Å². The zero-order valence-corrected chi connectivity index (χ0v) is 14.4. The third-order valence-corrected chi connectivity index (χ3v) is 7.38. The summed E-state index contributed by atoms with van der Waals surface area (Å²) in [4.78, 5) is 0. The molecule has 2 fully saturated rings. The van der Waals surface area contributed by atoms with Crippen molar-refractivity contribution in [3.05, 3.63) is 35.9 Å². The fourth-order valence-corrected chi connectivity index (χ4v) is 5.63. The van der Waals surface area contributed by atoms with Gasteiger partial charge in [-0.2, -0.15) is 11.8 Å². The van der Waals surface area contributed by atoms with Gasteiger partial charge in [-0.25, -0.2) is 12.7 Å². The van der Waals surface area contributed by atoms with Crippen molar-refractivity contribution in [2.45, 2.75) is 24.8 Å². The van der Waals surface area contributed by atoms with E-state index in [1.165, 1.54) is 5.56 Å². The molecule has 6 heteroatoms. The molecular formula is C16H24N2O2S2. The Balaban J connectivity index is 1.38. The van der Waals surface area contributed by atoms with Gasteiger partial charge in [0.05, 0.1) is 5.75 Å². The Labute approximate surface area is 137 Å². The number of benzene rings is 1. The van der Waals surface area contributed by atoms with Crippen LogP contribution in [0.1, 0.15) is 24.3 Å². The molecular weight excluding hydrogens is 316 g/mol. The van der Waals surface area contributed by atoms with Crippen LogP contribution in [-0.2, 0) is 10.0 Å². The maximum Gasteiger partial charge on any atom is 0.215 e. The lowest BCUT2D eigenvalue weighted by Gasteiger charge is -2.36. The fourth-order valence-electron chi connectivity index (χ4n) is 3.13. The van der Waals surface area contributed by atoms with Crippen LogP contribution in [-0.4, -0.2) is 55.7 Å². The third kappa shape index (κ3) is 4.04. The summed E-state index contributed by atoms with van der Waals surface area (Å²) >= 11 is 1.83. The predicted molar refractivity (Wildman–Crippen MR) is 92.9 cm³/mol. The average molecular weight is 341 g/mol. The summed E-state index contributed by atoms with van der Waals surface area (Å²) in [5, 5.41) is 3.40. The van der Waals surface area contributed by atoms with E-state index in [0.717, 1.165) is 24.3 Å². The van der Waals surface area contributed by atoms with Crippen molar-refractivity contribution < 1.29 is 8.42 Å². The van der Waals surface area contributed by atoms with Crippen molar-refractivity contribution in [3.8, 4) is 0 Å². The maximum absolute atomic E-state index is 12.2. The molecule has 1 N–H and O–H groups in total.